The van der Waals surface area contributed by atoms with E-state index in [1.807, 2.05) is 6.26 Å². The minimum atomic E-state index is -3.91. The first-order valence-corrected chi connectivity index (χ1v) is 9.93. The molecule has 1 heterocycles. The van der Waals surface area contributed by atoms with Crippen molar-refractivity contribution in [2.24, 2.45) is 17.6 Å². The second-order valence-electron chi connectivity index (χ2n) is 5.82. The minimum absolute atomic E-state index is 0. The Kier molecular flexibility index (Phi) is 5.91. The lowest BCUT2D eigenvalue weighted by molar-refractivity contribution is -0.148. The summed E-state index contributed by atoms with van der Waals surface area (Å²) in [7, 11) is -3.91. The van der Waals surface area contributed by atoms with Crippen molar-refractivity contribution >= 4 is 39.4 Å². The quantitative estimate of drug-likeness (QED) is 0.361. The fourth-order valence-electron chi connectivity index (χ4n) is 3.19. The third kappa shape index (κ3) is 3.23. The Balaban J connectivity index is 0.00000288. The summed E-state index contributed by atoms with van der Waals surface area (Å²) in [5, 5.41) is 19.5. The molecule has 24 heavy (non-hydrogen) atoms. The fraction of sp³-hybridized carbons (Fsp3) is 0.750. The Morgan fingerprint density at radius 1 is 1.38 bits per heavy atom. The predicted molar refractivity (Wildman–Crippen MR) is 85.3 cm³/mol. The molecule has 2 fully saturated rings. The van der Waals surface area contributed by atoms with Crippen LogP contribution in [-0.4, -0.2) is 76.5 Å². The number of aliphatic carboxylic acids is 2. The number of carbonyl (C=O) groups excluding carboxylic acids is 1. The number of amides is 1. The molecule has 138 valence electrons. The van der Waals surface area contributed by atoms with E-state index in [4.69, 9.17) is 10.8 Å². The van der Waals surface area contributed by atoms with E-state index in [1.165, 1.54) is 11.8 Å². The van der Waals surface area contributed by atoms with Gasteiger partial charge in [-0.1, -0.05) is 0 Å². The number of carboxylic acids is 2. The third-order valence-electron chi connectivity index (χ3n) is 4.35. The standard InChI is InChI=1S/C12H18N2O7S2.H2O/c1-22-3-2-5(13)9(15)14-12(11(18)19)4-23(20,21)8-6(7(8)12)10(16)17;/h5-8H,2-4,13H2,1H3,(H,14,15)(H,16,17)(H,18,19);1H2. The number of hydrogen-bond donors (Lipinski definition) is 4. The number of sulfone groups is 1. The maximum Gasteiger partial charge on any atom is 0.330 e. The van der Waals surface area contributed by atoms with Crippen molar-refractivity contribution in [2.45, 2.75) is 23.3 Å². The lowest BCUT2D eigenvalue weighted by atomic mass is 9.93. The molecule has 12 heteroatoms. The molecule has 1 saturated carbocycles. The van der Waals surface area contributed by atoms with Crippen LogP contribution in [0.4, 0.5) is 0 Å². The van der Waals surface area contributed by atoms with Crippen molar-refractivity contribution in [1.29, 1.82) is 0 Å². The van der Waals surface area contributed by atoms with Crippen LogP contribution >= 0.6 is 11.8 Å². The highest BCUT2D eigenvalue weighted by Crippen LogP contribution is 2.57. The van der Waals surface area contributed by atoms with E-state index in [2.05, 4.69) is 5.32 Å². The summed E-state index contributed by atoms with van der Waals surface area (Å²) in [6, 6.07) is -0.984. The van der Waals surface area contributed by atoms with Gasteiger partial charge in [-0.2, -0.15) is 11.8 Å². The highest BCUT2D eigenvalue weighted by molar-refractivity contribution is 7.98. The monoisotopic (exact) mass is 384 g/mol. The highest BCUT2D eigenvalue weighted by atomic mass is 32.2. The second kappa shape index (κ2) is 6.86. The van der Waals surface area contributed by atoms with Crippen LogP contribution in [0, 0.1) is 11.8 Å². The van der Waals surface area contributed by atoms with Crippen LogP contribution in [0.25, 0.3) is 0 Å². The number of rotatable bonds is 7. The van der Waals surface area contributed by atoms with Gasteiger partial charge in [0.05, 0.1) is 23.0 Å². The Bertz CT molecular complexity index is 651. The van der Waals surface area contributed by atoms with Gasteiger partial charge < -0.3 is 26.7 Å². The van der Waals surface area contributed by atoms with Crippen LogP contribution < -0.4 is 11.1 Å². The molecule has 0 bridgehead atoms. The lowest BCUT2D eigenvalue weighted by Crippen LogP contribution is -2.61. The van der Waals surface area contributed by atoms with Gasteiger partial charge in [-0.25, -0.2) is 13.2 Å². The van der Waals surface area contributed by atoms with Gasteiger partial charge in [0.2, 0.25) is 5.91 Å². The molecule has 5 unspecified atom stereocenters. The summed E-state index contributed by atoms with van der Waals surface area (Å²) >= 11 is 1.46. The number of fused-ring (bicyclic) bond motifs is 1. The number of carbonyl (C=O) groups is 3. The molecule has 5 atom stereocenters. The van der Waals surface area contributed by atoms with E-state index >= 15 is 0 Å². The maximum absolute atomic E-state index is 12.1. The molecule has 0 radical (unpaired) electrons. The van der Waals surface area contributed by atoms with E-state index < -0.39 is 62.1 Å². The average molecular weight is 384 g/mol. The van der Waals surface area contributed by atoms with Crippen LogP contribution in [0.3, 0.4) is 0 Å². The molecule has 2 rings (SSSR count). The Labute approximate surface area is 142 Å². The SMILES string of the molecule is CSCCC(N)C(=O)NC1(C(=O)O)CS(=O)(=O)C2C(C(=O)O)C21.O. The molecule has 1 saturated heterocycles. The number of nitrogens with two attached hydrogens (primary N) is 1. The van der Waals surface area contributed by atoms with Gasteiger partial charge in [0.25, 0.3) is 0 Å². The molecule has 0 aromatic heterocycles. The first kappa shape index (κ1) is 20.7. The maximum atomic E-state index is 12.1. The van der Waals surface area contributed by atoms with E-state index in [0.717, 1.165) is 0 Å². The summed E-state index contributed by atoms with van der Waals surface area (Å²) < 4.78 is 24.1. The topological polar surface area (TPSA) is 195 Å². The van der Waals surface area contributed by atoms with Gasteiger partial charge in [0.15, 0.2) is 15.4 Å². The Morgan fingerprint density at radius 2 is 1.96 bits per heavy atom. The van der Waals surface area contributed by atoms with Crippen LogP contribution in [0.1, 0.15) is 6.42 Å². The lowest BCUT2D eigenvalue weighted by Gasteiger charge is -2.28. The molecule has 0 aromatic carbocycles. The molecule has 1 aliphatic carbocycles. The Hall–Kier alpha value is -1.37. The van der Waals surface area contributed by atoms with Gasteiger partial charge >= 0.3 is 11.9 Å². The summed E-state index contributed by atoms with van der Waals surface area (Å²) in [4.78, 5) is 34.9. The summed E-state index contributed by atoms with van der Waals surface area (Å²) in [6.45, 7) is 0. The van der Waals surface area contributed by atoms with Crippen LogP contribution in [0.5, 0.6) is 0 Å². The first-order valence-electron chi connectivity index (χ1n) is 6.83. The smallest absolute Gasteiger partial charge is 0.330 e. The van der Waals surface area contributed by atoms with Gasteiger partial charge in [-0.15, -0.1) is 0 Å². The van der Waals surface area contributed by atoms with E-state index in [0.29, 0.717) is 12.2 Å². The number of hydrogen-bond acceptors (Lipinski definition) is 7. The van der Waals surface area contributed by atoms with Crippen molar-refractivity contribution < 1.29 is 38.5 Å². The van der Waals surface area contributed by atoms with Crippen LogP contribution in [-0.2, 0) is 24.2 Å². The summed E-state index contributed by atoms with van der Waals surface area (Å²) in [6.07, 6.45) is 2.12. The first-order chi connectivity index (χ1) is 10.6. The average Bonchev–Trinajstić information content (AvgIpc) is 3.15. The molecular formula is C12H20N2O8S2. The predicted octanol–water partition coefficient (Wildman–Crippen LogP) is -2.69. The zero-order chi connectivity index (χ0) is 17.6. The van der Waals surface area contributed by atoms with E-state index in [-0.39, 0.29) is 5.48 Å². The van der Waals surface area contributed by atoms with Crippen LogP contribution in [0.2, 0.25) is 0 Å². The molecule has 7 N–H and O–H groups in total. The summed E-state index contributed by atoms with van der Waals surface area (Å²) in [5.41, 5.74) is 3.55. The third-order valence-corrected chi connectivity index (χ3v) is 7.27. The largest absolute Gasteiger partial charge is 0.481 e. The normalized spacial score (nSPS) is 33.7. The van der Waals surface area contributed by atoms with Gasteiger partial charge in [-0.3, -0.25) is 9.59 Å². The van der Waals surface area contributed by atoms with Crippen molar-refractivity contribution in [3.8, 4) is 0 Å². The van der Waals surface area contributed by atoms with Crippen LogP contribution in [0.15, 0.2) is 0 Å². The highest BCUT2D eigenvalue weighted by Gasteiger charge is 2.79. The molecular weight excluding hydrogens is 364 g/mol. The molecule has 1 aliphatic heterocycles. The minimum Gasteiger partial charge on any atom is -0.481 e. The van der Waals surface area contributed by atoms with Crippen molar-refractivity contribution in [3.63, 3.8) is 0 Å². The number of nitrogens with one attached hydrogen (secondary N) is 1. The molecule has 10 nitrogen and oxygen atoms in total. The van der Waals surface area contributed by atoms with Crippen molar-refractivity contribution in [1.82, 2.24) is 5.32 Å². The van der Waals surface area contributed by atoms with Crippen molar-refractivity contribution in [3.05, 3.63) is 0 Å². The van der Waals surface area contributed by atoms with E-state index in [9.17, 15) is 27.9 Å². The molecule has 0 spiro atoms. The zero-order valence-corrected chi connectivity index (χ0v) is 14.4. The summed E-state index contributed by atoms with van der Waals surface area (Å²) in [5.74, 6) is -6.43. The number of carboxylic acid groups (broad SMARTS) is 2. The molecule has 1 amide bonds. The second-order valence-corrected chi connectivity index (χ2v) is 8.96. The van der Waals surface area contributed by atoms with Gasteiger partial charge in [0.1, 0.15) is 0 Å². The van der Waals surface area contributed by atoms with Gasteiger partial charge in [-0.05, 0) is 18.4 Å². The van der Waals surface area contributed by atoms with Gasteiger partial charge in [0, 0.05) is 5.92 Å². The molecule has 0 aromatic rings. The number of thioether (sulfide) groups is 1. The van der Waals surface area contributed by atoms with Crippen molar-refractivity contribution in [2.75, 3.05) is 17.8 Å². The zero-order valence-electron chi connectivity index (χ0n) is 12.8. The fourth-order valence-corrected chi connectivity index (χ4v) is 6.38. The Morgan fingerprint density at radius 3 is 2.38 bits per heavy atom. The van der Waals surface area contributed by atoms with E-state index in [1.54, 1.807) is 0 Å². The molecule has 2 aliphatic rings.